The number of sulfonamides is 1. The molecule has 0 aliphatic heterocycles. The predicted octanol–water partition coefficient (Wildman–Crippen LogP) is 1.31. The second-order valence-corrected chi connectivity index (χ2v) is 8.77. The summed E-state index contributed by atoms with van der Waals surface area (Å²) in [6, 6.07) is 8.52. The summed E-state index contributed by atoms with van der Waals surface area (Å²) in [5.41, 5.74) is 1.02. The molecule has 0 aliphatic carbocycles. The van der Waals surface area contributed by atoms with Crippen LogP contribution in [0.25, 0.3) is 0 Å². The first kappa shape index (κ1) is 25.0. The summed E-state index contributed by atoms with van der Waals surface area (Å²) in [6.07, 6.45) is 0. The molecule has 0 unspecified atom stereocenters. The van der Waals surface area contributed by atoms with Crippen LogP contribution in [0.1, 0.15) is 29.8 Å². The number of hydrogen-bond donors (Lipinski definition) is 4. The Morgan fingerprint density at radius 2 is 1.62 bits per heavy atom. The lowest BCUT2D eigenvalue weighted by Crippen LogP contribution is -2.46. The normalized spacial score (nSPS) is 12.0. The number of aryl methyl sites for hydroxylation is 1. The highest BCUT2D eigenvalue weighted by Gasteiger charge is 2.22. The van der Waals surface area contributed by atoms with Crippen molar-refractivity contribution in [3.8, 4) is 0 Å². The largest absolute Gasteiger partial charge is 0.353 e. The van der Waals surface area contributed by atoms with Gasteiger partial charge in [-0.15, -0.1) is 0 Å². The quantitative estimate of drug-likeness (QED) is 0.415. The van der Waals surface area contributed by atoms with Crippen molar-refractivity contribution in [1.82, 2.24) is 15.4 Å². The van der Waals surface area contributed by atoms with Crippen LogP contribution in [0.3, 0.4) is 0 Å². The van der Waals surface area contributed by atoms with E-state index in [1.54, 1.807) is 6.92 Å². The molecule has 172 valence electrons. The fraction of sp³-hybridized carbons (Fsp3) is 0.286. The smallest absolute Gasteiger partial charge is 0.251 e. The van der Waals surface area contributed by atoms with E-state index in [1.165, 1.54) is 50.2 Å². The molecule has 32 heavy (non-hydrogen) atoms. The zero-order valence-corrected chi connectivity index (χ0v) is 18.7. The molecule has 2 aromatic rings. The van der Waals surface area contributed by atoms with E-state index in [9.17, 15) is 27.2 Å². The molecule has 9 nitrogen and oxygen atoms in total. The first-order chi connectivity index (χ1) is 15.0. The van der Waals surface area contributed by atoms with Gasteiger partial charge in [0.05, 0.1) is 10.9 Å². The fourth-order valence-corrected chi connectivity index (χ4v) is 3.83. The van der Waals surface area contributed by atoms with Gasteiger partial charge < -0.3 is 16.0 Å². The van der Waals surface area contributed by atoms with Gasteiger partial charge in [0, 0.05) is 31.3 Å². The van der Waals surface area contributed by atoms with E-state index in [4.69, 9.17) is 0 Å². The molecular weight excluding hydrogens is 439 g/mol. The minimum Gasteiger partial charge on any atom is -0.353 e. The van der Waals surface area contributed by atoms with Gasteiger partial charge in [-0.1, -0.05) is 6.07 Å². The minimum atomic E-state index is -3.97. The Labute approximate surface area is 185 Å². The second kappa shape index (κ2) is 10.8. The number of benzene rings is 2. The summed E-state index contributed by atoms with van der Waals surface area (Å²) in [4.78, 5) is 35.2. The molecule has 4 N–H and O–H groups in total. The Hall–Kier alpha value is -3.31. The van der Waals surface area contributed by atoms with Crippen LogP contribution < -0.4 is 20.7 Å². The van der Waals surface area contributed by atoms with Gasteiger partial charge in [0.1, 0.15) is 5.82 Å². The molecule has 0 aliphatic rings. The van der Waals surface area contributed by atoms with Crippen molar-refractivity contribution >= 4 is 33.4 Å². The SMILES string of the molecule is CC(=O)Nc1ccc(S(=O)(=O)N[C@@H](C)C(=O)NCCNC(=O)c2ccc(C)c(F)c2)cc1. The number of carbonyl (C=O) groups is 3. The van der Waals surface area contributed by atoms with E-state index in [0.717, 1.165) is 6.07 Å². The lowest BCUT2D eigenvalue weighted by molar-refractivity contribution is -0.122. The van der Waals surface area contributed by atoms with Gasteiger partial charge in [-0.3, -0.25) is 14.4 Å². The van der Waals surface area contributed by atoms with Gasteiger partial charge in [0.25, 0.3) is 5.91 Å². The Bertz CT molecular complexity index is 1100. The first-order valence-electron chi connectivity index (χ1n) is 9.71. The number of carbonyl (C=O) groups excluding carboxylic acids is 3. The summed E-state index contributed by atoms with van der Waals surface area (Å²) in [7, 11) is -3.97. The van der Waals surface area contributed by atoms with Crippen molar-refractivity contribution in [2.45, 2.75) is 31.7 Å². The number of nitrogens with one attached hydrogen (secondary N) is 4. The summed E-state index contributed by atoms with van der Waals surface area (Å²) in [5, 5.41) is 7.58. The van der Waals surface area contributed by atoms with E-state index in [0.29, 0.717) is 11.3 Å². The van der Waals surface area contributed by atoms with Crippen LogP contribution in [0, 0.1) is 12.7 Å². The van der Waals surface area contributed by atoms with Crippen LogP contribution in [0.4, 0.5) is 10.1 Å². The maximum atomic E-state index is 13.5. The predicted molar refractivity (Wildman–Crippen MR) is 117 cm³/mol. The van der Waals surface area contributed by atoms with Crippen LogP contribution >= 0.6 is 0 Å². The van der Waals surface area contributed by atoms with E-state index in [-0.39, 0.29) is 29.5 Å². The maximum Gasteiger partial charge on any atom is 0.251 e. The van der Waals surface area contributed by atoms with E-state index in [1.807, 2.05) is 0 Å². The fourth-order valence-electron chi connectivity index (χ4n) is 2.63. The van der Waals surface area contributed by atoms with Crippen LogP contribution in [0.5, 0.6) is 0 Å². The monoisotopic (exact) mass is 464 g/mol. The molecule has 0 saturated heterocycles. The molecule has 0 fully saturated rings. The highest BCUT2D eigenvalue weighted by molar-refractivity contribution is 7.89. The third-order valence-electron chi connectivity index (χ3n) is 4.35. The van der Waals surface area contributed by atoms with Crippen molar-refractivity contribution in [2.75, 3.05) is 18.4 Å². The molecule has 2 aromatic carbocycles. The van der Waals surface area contributed by atoms with Gasteiger partial charge in [-0.2, -0.15) is 4.72 Å². The molecule has 0 bridgehead atoms. The molecular formula is C21H25FN4O5S. The number of halogens is 1. The van der Waals surface area contributed by atoms with Gasteiger partial charge in [0.2, 0.25) is 21.8 Å². The standard InChI is InChI=1S/C21H25FN4O5S/c1-13-4-5-16(12-19(13)22)21(29)24-11-10-23-20(28)14(2)26-32(30,31)18-8-6-17(7-9-18)25-15(3)27/h4-9,12,14,26H,10-11H2,1-3H3,(H,23,28)(H,24,29)(H,25,27)/t14-/m0/s1. The first-order valence-corrected chi connectivity index (χ1v) is 11.2. The highest BCUT2D eigenvalue weighted by atomic mass is 32.2. The lowest BCUT2D eigenvalue weighted by atomic mass is 10.1. The summed E-state index contributed by atoms with van der Waals surface area (Å²) in [5.74, 6) is -1.85. The van der Waals surface area contributed by atoms with Crippen LogP contribution in [0.15, 0.2) is 47.4 Å². The van der Waals surface area contributed by atoms with Gasteiger partial charge >= 0.3 is 0 Å². The lowest BCUT2D eigenvalue weighted by Gasteiger charge is -2.15. The maximum absolute atomic E-state index is 13.5. The van der Waals surface area contributed by atoms with Crippen molar-refractivity contribution in [3.63, 3.8) is 0 Å². The third-order valence-corrected chi connectivity index (χ3v) is 5.91. The van der Waals surface area contributed by atoms with Gasteiger partial charge in [-0.25, -0.2) is 12.8 Å². The van der Waals surface area contributed by atoms with Gasteiger partial charge in [-0.05, 0) is 55.8 Å². The molecule has 0 saturated carbocycles. The zero-order valence-electron chi connectivity index (χ0n) is 17.9. The van der Waals surface area contributed by atoms with Gasteiger partial charge in [0.15, 0.2) is 0 Å². The van der Waals surface area contributed by atoms with Crippen molar-refractivity contribution in [3.05, 3.63) is 59.4 Å². The Morgan fingerprint density at radius 3 is 2.22 bits per heavy atom. The minimum absolute atomic E-state index is 0.0520. The van der Waals surface area contributed by atoms with E-state index >= 15 is 0 Å². The van der Waals surface area contributed by atoms with Crippen molar-refractivity contribution in [1.29, 1.82) is 0 Å². The molecule has 0 spiro atoms. The summed E-state index contributed by atoms with van der Waals surface area (Å²) < 4.78 is 40.7. The topological polar surface area (TPSA) is 133 Å². The highest BCUT2D eigenvalue weighted by Crippen LogP contribution is 2.14. The van der Waals surface area contributed by atoms with Crippen LogP contribution in [-0.4, -0.2) is 45.3 Å². The number of amides is 3. The Balaban J connectivity index is 1.82. The molecule has 3 amide bonds. The average Bonchev–Trinajstić information content (AvgIpc) is 2.72. The van der Waals surface area contributed by atoms with Crippen molar-refractivity contribution < 1.29 is 27.2 Å². The van der Waals surface area contributed by atoms with Crippen LogP contribution in [0.2, 0.25) is 0 Å². The average molecular weight is 465 g/mol. The van der Waals surface area contributed by atoms with E-state index in [2.05, 4.69) is 20.7 Å². The summed E-state index contributed by atoms with van der Waals surface area (Å²) in [6.45, 7) is 4.43. The summed E-state index contributed by atoms with van der Waals surface area (Å²) >= 11 is 0. The molecule has 2 rings (SSSR count). The zero-order chi connectivity index (χ0) is 23.9. The Morgan fingerprint density at radius 1 is 1.00 bits per heavy atom. The van der Waals surface area contributed by atoms with E-state index < -0.39 is 33.7 Å². The van der Waals surface area contributed by atoms with Crippen molar-refractivity contribution in [2.24, 2.45) is 0 Å². The molecule has 0 aromatic heterocycles. The molecule has 1 atom stereocenters. The third kappa shape index (κ3) is 7.13. The number of rotatable bonds is 9. The Kier molecular flexibility index (Phi) is 8.44. The number of hydrogen-bond acceptors (Lipinski definition) is 5. The molecule has 0 radical (unpaired) electrons. The molecule has 0 heterocycles. The second-order valence-electron chi connectivity index (χ2n) is 7.06. The number of anilines is 1. The van der Waals surface area contributed by atoms with Crippen LogP contribution in [-0.2, 0) is 19.6 Å². The molecule has 11 heteroatoms.